The summed E-state index contributed by atoms with van der Waals surface area (Å²) >= 11 is 0. The number of methoxy groups -OCH3 is 3. The molecule has 1 atom stereocenters. The van der Waals surface area contributed by atoms with E-state index in [-0.39, 0.29) is 30.1 Å². The van der Waals surface area contributed by atoms with Crippen LogP contribution in [0.25, 0.3) is 0 Å². The third-order valence-electron chi connectivity index (χ3n) is 4.40. The third kappa shape index (κ3) is 8.72. The summed E-state index contributed by atoms with van der Waals surface area (Å²) in [5.74, 6) is 3.65. The summed E-state index contributed by atoms with van der Waals surface area (Å²) in [4.78, 5) is 4.64. The molecule has 2 aromatic rings. The second-order valence-electron chi connectivity index (χ2n) is 6.67. The minimum Gasteiger partial charge on any atom is -0.493 e. The van der Waals surface area contributed by atoms with Crippen molar-refractivity contribution in [1.29, 1.82) is 0 Å². The molecule has 0 fully saturated rings. The molecule has 0 radical (unpaired) electrons. The Labute approximate surface area is 202 Å². The van der Waals surface area contributed by atoms with E-state index in [9.17, 15) is 0 Å². The number of halogens is 1. The van der Waals surface area contributed by atoms with E-state index in [0.29, 0.717) is 18.0 Å². The lowest BCUT2D eigenvalue weighted by atomic mass is 10.1. The van der Waals surface area contributed by atoms with Gasteiger partial charge in [-0.05, 0) is 50.1 Å². The number of hydrogen-bond acceptors (Lipinski definition) is 5. The molecule has 0 bridgehead atoms. The first-order chi connectivity index (χ1) is 14.6. The van der Waals surface area contributed by atoms with E-state index >= 15 is 0 Å². The Morgan fingerprint density at radius 2 is 1.55 bits per heavy atom. The van der Waals surface area contributed by atoms with Crippen LogP contribution in [0.5, 0.6) is 23.0 Å². The maximum Gasteiger partial charge on any atom is 0.191 e. The molecule has 8 heteroatoms. The quantitative estimate of drug-likeness (QED) is 0.255. The Hall–Kier alpha value is -2.36. The molecule has 0 spiro atoms. The van der Waals surface area contributed by atoms with Gasteiger partial charge in [0.2, 0.25) is 0 Å². The van der Waals surface area contributed by atoms with E-state index in [1.165, 1.54) is 0 Å². The van der Waals surface area contributed by atoms with Crippen LogP contribution in [-0.2, 0) is 6.42 Å². The SMILES string of the molecule is CCNC(=NCC(C)Oc1ccccc1OC)NCCc1ccc(OC)c(OC)c1.I. The van der Waals surface area contributed by atoms with Crippen molar-refractivity contribution in [1.82, 2.24) is 10.6 Å². The molecule has 0 aliphatic heterocycles. The molecule has 2 N–H and O–H groups in total. The average molecular weight is 543 g/mol. The summed E-state index contributed by atoms with van der Waals surface area (Å²) in [6.45, 7) is 6.07. The van der Waals surface area contributed by atoms with Gasteiger partial charge in [0.1, 0.15) is 6.10 Å². The van der Waals surface area contributed by atoms with E-state index < -0.39 is 0 Å². The molecule has 1 unspecified atom stereocenters. The highest BCUT2D eigenvalue weighted by molar-refractivity contribution is 14.0. The zero-order valence-corrected chi connectivity index (χ0v) is 21.3. The van der Waals surface area contributed by atoms with Crippen LogP contribution < -0.4 is 29.6 Å². The smallest absolute Gasteiger partial charge is 0.191 e. The lowest BCUT2D eigenvalue weighted by Gasteiger charge is -2.17. The van der Waals surface area contributed by atoms with Crippen molar-refractivity contribution in [3.8, 4) is 23.0 Å². The number of nitrogens with zero attached hydrogens (tertiary/aromatic N) is 1. The highest BCUT2D eigenvalue weighted by Crippen LogP contribution is 2.28. The number of ether oxygens (including phenoxy) is 4. The average Bonchev–Trinajstić information content (AvgIpc) is 2.77. The van der Waals surface area contributed by atoms with Gasteiger partial charge in [-0.15, -0.1) is 24.0 Å². The van der Waals surface area contributed by atoms with Crippen molar-refractivity contribution < 1.29 is 18.9 Å². The molecule has 0 saturated carbocycles. The predicted octanol–water partition coefficient (Wildman–Crippen LogP) is 3.90. The Balaban J connectivity index is 0.00000480. The largest absolute Gasteiger partial charge is 0.493 e. The number of aliphatic imine (C=N–C) groups is 1. The van der Waals surface area contributed by atoms with Gasteiger partial charge < -0.3 is 29.6 Å². The summed E-state index contributed by atoms with van der Waals surface area (Å²) in [6, 6.07) is 13.6. The molecule has 172 valence electrons. The van der Waals surface area contributed by atoms with E-state index in [0.717, 1.165) is 42.5 Å². The topological polar surface area (TPSA) is 73.3 Å². The zero-order chi connectivity index (χ0) is 21.8. The van der Waals surface area contributed by atoms with Gasteiger partial charge >= 0.3 is 0 Å². The molecule has 31 heavy (non-hydrogen) atoms. The van der Waals surface area contributed by atoms with Crippen molar-refractivity contribution in [2.75, 3.05) is 41.0 Å². The van der Waals surface area contributed by atoms with E-state index in [1.54, 1.807) is 21.3 Å². The Bertz CT molecular complexity index is 817. The van der Waals surface area contributed by atoms with Crippen molar-refractivity contribution in [3.05, 3.63) is 48.0 Å². The first kappa shape index (κ1) is 26.7. The summed E-state index contributed by atoms with van der Waals surface area (Å²) in [7, 11) is 4.91. The summed E-state index contributed by atoms with van der Waals surface area (Å²) in [6.07, 6.45) is 0.737. The van der Waals surface area contributed by atoms with Crippen LogP contribution in [0.2, 0.25) is 0 Å². The lowest BCUT2D eigenvalue weighted by molar-refractivity contribution is 0.219. The van der Waals surface area contributed by atoms with Crippen molar-refractivity contribution in [2.45, 2.75) is 26.4 Å². The van der Waals surface area contributed by atoms with Gasteiger partial charge in [-0.2, -0.15) is 0 Å². The monoisotopic (exact) mass is 543 g/mol. The summed E-state index contributed by atoms with van der Waals surface area (Å²) in [5, 5.41) is 6.63. The van der Waals surface area contributed by atoms with E-state index in [1.807, 2.05) is 56.3 Å². The minimum absolute atomic E-state index is 0. The van der Waals surface area contributed by atoms with Crippen LogP contribution in [0.1, 0.15) is 19.4 Å². The van der Waals surface area contributed by atoms with Crippen LogP contribution in [0, 0.1) is 0 Å². The molecule has 2 aromatic carbocycles. The number of rotatable bonds is 11. The van der Waals surface area contributed by atoms with Crippen LogP contribution >= 0.6 is 24.0 Å². The standard InChI is InChI=1S/C23H33N3O4.HI/c1-6-24-23(25-14-13-18-11-12-20(28-4)22(15-18)29-5)26-16-17(2)30-21-10-8-7-9-19(21)27-3;/h7-12,15,17H,6,13-14,16H2,1-5H3,(H2,24,25,26);1H. The van der Waals surface area contributed by atoms with Gasteiger partial charge in [0.15, 0.2) is 29.0 Å². The zero-order valence-electron chi connectivity index (χ0n) is 18.9. The molecule has 2 rings (SSSR count). The molecular formula is C23H34IN3O4. The predicted molar refractivity (Wildman–Crippen MR) is 136 cm³/mol. The number of benzene rings is 2. The molecule has 7 nitrogen and oxygen atoms in total. The molecule has 0 heterocycles. The maximum absolute atomic E-state index is 5.97. The first-order valence-electron chi connectivity index (χ1n) is 10.1. The van der Waals surface area contributed by atoms with Crippen LogP contribution in [0.4, 0.5) is 0 Å². The third-order valence-corrected chi connectivity index (χ3v) is 4.40. The van der Waals surface area contributed by atoms with Gasteiger partial charge in [0.25, 0.3) is 0 Å². The molecular weight excluding hydrogens is 509 g/mol. The normalized spacial score (nSPS) is 11.7. The number of para-hydroxylation sites is 2. The first-order valence-corrected chi connectivity index (χ1v) is 10.1. The maximum atomic E-state index is 5.97. The number of nitrogens with one attached hydrogen (secondary N) is 2. The van der Waals surface area contributed by atoms with Gasteiger partial charge in [-0.25, -0.2) is 4.99 Å². The Kier molecular flexibility index (Phi) is 12.6. The fourth-order valence-electron chi connectivity index (χ4n) is 2.89. The Morgan fingerprint density at radius 3 is 2.19 bits per heavy atom. The number of guanidine groups is 1. The van der Waals surface area contributed by atoms with E-state index in [2.05, 4.69) is 15.6 Å². The van der Waals surface area contributed by atoms with Gasteiger partial charge in [0, 0.05) is 13.1 Å². The van der Waals surface area contributed by atoms with Crippen LogP contribution in [-0.4, -0.2) is 53.0 Å². The van der Waals surface area contributed by atoms with E-state index in [4.69, 9.17) is 18.9 Å². The van der Waals surface area contributed by atoms with Gasteiger partial charge in [-0.3, -0.25) is 0 Å². The van der Waals surface area contributed by atoms with Crippen molar-refractivity contribution in [3.63, 3.8) is 0 Å². The molecule has 0 aliphatic carbocycles. The Morgan fingerprint density at radius 1 is 0.903 bits per heavy atom. The number of hydrogen-bond donors (Lipinski definition) is 2. The van der Waals surface area contributed by atoms with Crippen LogP contribution in [0.3, 0.4) is 0 Å². The fraction of sp³-hybridized carbons (Fsp3) is 0.435. The summed E-state index contributed by atoms with van der Waals surface area (Å²) < 4.78 is 22.0. The highest BCUT2D eigenvalue weighted by atomic mass is 127. The van der Waals surface area contributed by atoms with Crippen LogP contribution in [0.15, 0.2) is 47.5 Å². The van der Waals surface area contributed by atoms with Crippen molar-refractivity contribution >= 4 is 29.9 Å². The van der Waals surface area contributed by atoms with Crippen molar-refractivity contribution in [2.24, 2.45) is 4.99 Å². The summed E-state index contributed by atoms with van der Waals surface area (Å²) in [5.41, 5.74) is 1.16. The highest BCUT2D eigenvalue weighted by Gasteiger charge is 2.09. The molecule has 0 aromatic heterocycles. The second-order valence-corrected chi connectivity index (χ2v) is 6.67. The minimum atomic E-state index is -0.0948. The van der Waals surface area contributed by atoms with Gasteiger partial charge in [-0.1, -0.05) is 18.2 Å². The van der Waals surface area contributed by atoms with Gasteiger partial charge in [0.05, 0.1) is 27.9 Å². The molecule has 0 amide bonds. The molecule has 0 aliphatic rings. The fourth-order valence-corrected chi connectivity index (χ4v) is 2.89. The lowest BCUT2D eigenvalue weighted by Crippen LogP contribution is -2.39. The second kappa shape index (κ2) is 14.6. The molecule has 0 saturated heterocycles.